The van der Waals surface area contributed by atoms with Crippen LogP contribution < -0.4 is 14.8 Å². The summed E-state index contributed by atoms with van der Waals surface area (Å²) in [6, 6.07) is 12.3. The van der Waals surface area contributed by atoms with Crippen molar-refractivity contribution in [2.45, 2.75) is 33.4 Å². The zero-order valence-corrected chi connectivity index (χ0v) is 16.4. The molecule has 0 atom stereocenters. The average Bonchev–Trinajstić information content (AvgIpc) is 2.60. The number of aliphatic hydroxyl groups excluding tert-OH is 1. The molecule has 4 nitrogen and oxygen atoms in total. The molecule has 0 bridgehead atoms. The predicted molar refractivity (Wildman–Crippen MR) is 104 cm³/mol. The largest absolute Gasteiger partial charge is 0.490 e. The summed E-state index contributed by atoms with van der Waals surface area (Å²) in [5, 5.41) is 12.2. The number of aliphatic hydroxyl groups is 1. The van der Waals surface area contributed by atoms with E-state index in [-0.39, 0.29) is 6.61 Å². The van der Waals surface area contributed by atoms with Crippen molar-refractivity contribution in [2.75, 3.05) is 19.8 Å². The molecule has 0 radical (unpaired) electrons. The molecule has 5 heteroatoms. The first-order chi connectivity index (χ1) is 12.1. The summed E-state index contributed by atoms with van der Waals surface area (Å²) in [6.45, 7) is 6.80. The van der Waals surface area contributed by atoms with Gasteiger partial charge in [-0.2, -0.15) is 0 Å². The maximum absolute atomic E-state index is 8.85. The fourth-order valence-corrected chi connectivity index (χ4v) is 2.95. The van der Waals surface area contributed by atoms with Crippen molar-refractivity contribution in [3.05, 3.63) is 57.6 Å². The van der Waals surface area contributed by atoms with E-state index >= 15 is 0 Å². The van der Waals surface area contributed by atoms with E-state index in [0.29, 0.717) is 19.8 Å². The summed E-state index contributed by atoms with van der Waals surface area (Å²) < 4.78 is 12.7. The molecule has 0 saturated carbocycles. The Kier molecular flexibility index (Phi) is 8.25. The molecule has 0 amide bonds. The Bertz CT molecular complexity index is 676. The maximum atomic E-state index is 8.85. The van der Waals surface area contributed by atoms with Gasteiger partial charge in [0.25, 0.3) is 0 Å². The van der Waals surface area contributed by atoms with E-state index in [9.17, 15) is 0 Å². The predicted octanol–water partition coefficient (Wildman–Crippen LogP) is 4.21. The lowest BCUT2D eigenvalue weighted by Crippen LogP contribution is -2.16. The summed E-state index contributed by atoms with van der Waals surface area (Å²) in [5.74, 6) is 1.48. The van der Waals surface area contributed by atoms with Crippen molar-refractivity contribution >= 4 is 15.9 Å². The monoisotopic (exact) mass is 407 g/mol. The first kappa shape index (κ1) is 19.8. The fourth-order valence-electron chi connectivity index (χ4n) is 2.48. The number of nitrogens with one attached hydrogen (secondary N) is 1. The molecule has 25 heavy (non-hydrogen) atoms. The summed E-state index contributed by atoms with van der Waals surface area (Å²) in [4.78, 5) is 0. The lowest BCUT2D eigenvalue weighted by Gasteiger charge is -2.15. The van der Waals surface area contributed by atoms with Gasteiger partial charge in [0, 0.05) is 17.6 Å². The van der Waals surface area contributed by atoms with Crippen molar-refractivity contribution in [3.8, 4) is 11.5 Å². The highest BCUT2D eigenvalue weighted by Gasteiger charge is 2.11. The zero-order valence-electron chi connectivity index (χ0n) is 14.8. The van der Waals surface area contributed by atoms with Crippen LogP contribution in [0.4, 0.5) is 0 Å². The minimum atomic E-state index is 0.199. The third kappa shape index (κ3) is 6.34. The van der Waals surface area contributed by atoms with Crippen LogP contribution in [0.3, 0.4) is 0 Å². The Balaban J connectivity index is 2.09. The molecule has 0 aromatic heterocycles. The zero-order chi connectivity index (χ0) is 18.1. The topological polar surface area (TPSA) is 50.7 Å². The Morgan fingerprint density at radius 1 is 1.12 bits per heavy atom. The minimum absolute atomic E-state index is 0.199. The number of ether oxygens (including phenoxy) is 2. The van der Waals surface area contributed by atoms with Gasteiger partial charge >= 0.3 is 0 Å². The minimum Gasteiger partial charge on any atom is -0.490 e. The standard InChI is InChI=1S/C20H26BrNO3/c1-3-24-19-11-17(13-22-8-5-9-23)18(21)12-20(19)25-14-16-7-4-6-15(2)10-16/h4,6-7,10-12,22-23H,3,5,8-9,13-14H2,1-2H3. The maximum Gasteiger partial charge on any atom is 0.162 e. The molecular formula is C20H26BrNO3. The van der Waals surface area contributed by atoms with Crippen molar-refractivity contribution in [3.63, 3.8) is 0 Å². The third-order valence-electron chi connectivity index (χ3n) is 3.72. The SMILES string of the molecule is CCOc1cc(CNCCCO)c(Br)cc1OCc1cccc(C)c1. The summed E-state index contributed by atoms with van der Waals surface area (Å²) in [7, 11) is 0. The van der Waals surface area contributed by atoms with Crippen molar-refractivity contribution < 1.29 is 14.6 Å². The second-order valence-electron chi connectivity index (χ2n) is 5.86. The molecule has 0 aliphatic carbocycles. The van der Waals surface area contributed by atoms with Gasteiger partial charge in [-0.25, -0.2) is 0 Å². The second kappa shape index (κ2) is 10.4. The van der Waals surface area contributed by atoms with E-state index < -0.39 is 0 Å². The molecule has 0 fully saturated rings. The number of hydrogen-bond acceptors (Lipinski definition) is 4. The smallest absolute Gasteiger partial charge is 0.162 e. The number of hydrogen-bond donors (Lipinski definition) is 2. The number of aryl methyl sites for hydroxylation is 1. The van der Waals surface area contributed by atoms with Crippen LogP contribution in [0, 0.1) is 6.92 Å². The van der Waals surface area contributed by atoms with Crippen LogP contribution in [0.15, 0.2) is 40.9 Å². The quantitative estimate of drug-likeness (QED) is 0.579. The lowest BCUT2D eigenvalue weighted by molar-refractivity contribution is 0.268. The molecule has 0 unspecified atom stereocenters. The van der Waals surface area contributed by atoms with Gasteiger partial charge in [-0.1, -0.05) is 45.8 Å². The van der Waals surface area contributed by atoms with Crippen LogP contribution in [0.2, 0.25) is 0 Å². The van der Waals surface area contributed by atoms with E-state index in [0.717, 1.165) is 40.1 Å². The van der Waals surface area contributed by atoms with E-state index in [2.05, 4.69) is 46.4 Å². The van der Waals surface area contributed by atoms with Crippen molar-refractivity contribution in [1.29, 1.82) is 0 Å². The van der Waals surface area contributed by atoms with Crippen LogP contribution in [0.1, 0.15) is 30.0 Å². The molecule has 2 aromatic carbocycles. The molecule has 2 rings (SSSR count). The van der Waals surface area contributed by atoms with E-state index in [1.807, 2.05) is 25.1 Å². The van der Waals surface area contributed by atoms with Gasteiger partial charge in [0.15, 0.2) is 11.5 Å². The first-order valence-corrected chi connectivity index (χ1v) is 9.38. The third-order valence-corrected chi connectivity index (χ3v) is 4.45. The van der Waals surface area contributed by atoms with Gasteiger partial charge in [-0.3, -0.25) is 0 Å². The van der Waals surface area contributed by atoms with Gasteiger partial charge in [0.2, 0.25) is 0 Å². The number of rotatable bonds is 10. The Labute approximate surface area is 158 Å². The first-order valence-electron chi connectivity index (χ1n) is 8.59. The van der Waals surface area contributed by atoms with Crippen LogP contribution in [-0.4, -0.2) is 24.9 Å². The fraction of sp³-hybridized carbons (Fsp3) is 0.400. The van der Waals surface area contributed by atoms with Crippen molar-refractivity contribution in [1.82, 2.24) is 5.32 Å². The van der Waals surface area contributed by atoms with Gasteiger partial charge < -0.3 is 19.9 Å². The van der Waals surface area contributed by atoms with Crippen molar-refractivity contribution in [2.24, 2.45) is 0 Å². The van der Waals surface area contributed by atoms with Crippen LogP contribution in [0.25, 0.3) is 0 Å². The highest BCUT2D eigenvalue weighted by atomic mass is 79.9. The Morgan fingerprint density at radius 2 is 1.92 bits per heavy atom. The Hall–Kier alpha value is -1.56. The molecule has 0 heterocycles. The van der Waals surface area contributed by atoms with Gasteiger partial charge in [-0.05, 0) is 50.1 Å². The molecule has 0 aliphatic heterocycles. The molecule has 136 valence electrons. The lowest BCUT2D eigenvalue weighted by atomic mass is 10.1. The highest BCUT2D eigenvalue weighted by Crippen LogP contribution is 2.34. The van der Waals surface area contributed by atoms with E-state index in [4.69, 9.17) is 14.6 Å². The summed E-state index contributed by atoms with van der Waals surface area (Å²) >= 11 is 3.61. The summed E-state index contributed by atoms with van der Waals surface area (Å²) in [6.07, 6.45) is 0.744. The van der Waals surface area contributed by atoms with Crippen LogP contribution in [0.5, 0.6) is 11.5 Å². The molecular weight excluding hydrogens is 382 g/mol. The van der Waals surface area contributed by atoms with E-state index in [1.165, 1.54) is 5.56 Å². The molecule has 0 spiro atoms. The Morgan fingerprint density at radius 3 is 2.64 bits per heavy atom. The van der Waals surface area contributed by atoms with E-state index in [1.54, 1.807) is 0 Å². The molecule has 2 N–H and O–H groups in total. The normalized spacial score (nSPS) is 10.7. The van der Waals surface area contributed by atoms with Gasteiger partial charge in [0.1, 0.15) is 6.61 Å². The average molecular weight is 408 g/mol. The molecule has 0 saturated heterocycles. The highest BCUT2D eigenvalue weighted by molar-refractivity contribution is 9.10. The molecule has 0 aliphatic rings. The molecule has 2 aromatic rings. The number of halogens is 1. The van der Waals surface area contributed by atoms with Gasteiger partial charge in [0.05, 0.1) is 6.61 Å². The summed E-state index contributed by atoms with van der Waals surface area (Å²) in [5.41, 5.74) is 3.45. The number of benzene rings is 2. The van der Waals surface area contributed by atoms with Crippen LogP contribution >= 0.6 is 15.9 Å². The van der Waals surface area contributed by atoms with Crippen LogP contribution in [-0.2, 0) is 13.2 Å². The second-order valence-corrected chi connectivity index (χ2v) is 6.71. The van der Waals surface area contributed by atoms with Gasteiger partial charge in [-0.15, -0.1) is 0 Å².